The molecule has 0 aliphatic rings. The second-order valence-corrected chi connectivity index (χ2v) is 7.94. The van der Waals surface area contributed by atoms with Gasteiger partial charge in [0, 0.05) is 21.1 Å². The molecule has 0 bridgehead atoms. The normalized spacial score (nSPS) is 12.7. The van der Waals surface area contributed by atoms with Crippen molar-refractivity contribution in [3.05, 3.63) is 53.6 Å². The molecule has 1 nitrogen and oxygen atoms in total. The van der Waals surface area contributed by atoms with Crippen LogP contribution in [-0.4, -0.2) is 6.54 Å². The van der Waals surface area contributed by atoms with E-state index in [1.807, 2.05) is 24.3 Å². The Morgan fingerprint density at radius 2 is 2.00 bits per heavy atom. The van der Waals surface area contributed by atoms with Crippen molar-refractivity contribution in [2.75, 3.05) is 6.54 Å². The molecule has 1 N–H and O–H groups in total. The lowest BCUT2D eigenvalue weighted by Gasteiger charge is -2.18. The molecule has 0 radical (unpaired) electrons. The van der Waals surface area contributed by atoms with Crippen LogP contribution in [0.15, 0.2) is 28.7 Å². The van der Waals surface area contributed by atoms with Crippen LogP contribution in [0.1, 0.15) is 24.1 Å². The van der Waals surface area contributed by atoms with Gasteiger partial charge in [-0.2, -0.15) is 0 Å². The van der Waals surface area contributed by atoms with Gasteiger partial charge in [0.25, 0.3) is 0 Å². The Labute approximate surface area is 146 Å². The fourth-order valence-electron chi connectivity index (χ4n) is 2.04. The molecule has 1 unspecified atom stereocenters. The van der Waals surface area contributed by atoms with Crippen molar-refractivity contribution in [2.45, 2.75) is 19.4 Å². The third-order valence-electron chi connectivity index (χ3n) is 2.95. The van der Waals surface area contributed by atoms with Gasteiger partial charge in [0.2, 0.25) is 0 Å². The summed E-state index contributed by atoms with van der Waals surface area (Å²) in [5.41, 5.74) is 2.11. The van der Waals surface area contributed by atoms with Gasteiger partial charge in [-0.15, -0.1) is 11.3 Å². The van der Waals surface area contributed by atoms with E-state index in [0.29, 0.717) is 4.34 Å². The van der Waals surface area contributed by atoms with Crippen LogP contribution < -0.4 is 5.32 Å². The number of benzene rings is 1. The van der Waals surface area contributed by atoms with E-state index in [4.69, 9.17) is 34.8 Å². The van der Waals surface area contributed by atoms with Crippen molar-refractivity contribution in [1.82, 2.24) is 5.32 Å². The number of hydrogen-bond donors (Lipinski definition) is 1. The minimum atomic E-state index is 0.106. The predicted molar refractivity (Wildman–Crippen MR) is 93.6 cm³/mol. The maximum atomic E-state index is 6.29. The first kappa shape index (κ1) is 16.6. The molecule has 0 saturated carbocycles. The van der Waals surface area contributed by atoms with Crippen molar-refractivity contribution in [1.29, 1.82) is 0 Å². The summed E-state index contributed by atoms with van der Waals surface area (Å²) in [7, 11) is 0. The van der Waals surface area contributed by atoms with Crippen molar-refractivity contribution >= 4 is 62.1 Å². The minimum Gasteiger partial charge on any atom is -0.310 e. The summed E-state index contributed by atoms with van der Waals surface area (Å²) in [5, 5.41) is 4.19. The van der Waals surface area contributed by atoms with Crippen LogP contribution in [0.3, 0.4) is 0 Å². The lowest BCUT2D eigenvalue weighted by Crippen LogP contribution is -2.22. The van der Waals surface area contributed by atoms with E-state index in [1.54, 1.807) is 0 Å². The Balaban J connectivity index is 2.27. The monoisotopic (exact) mass is 411 g/mol. The number of hydrogen-bond acceptors (Lipinski definition) is 2. The Kier molecular flexibility index (Phi) is 6.21. The molecule has 0 saturated heterocycles. The first-order chi connectivity index (χ1) is 9.51. The predicted octanol–water partition coefficient (Wildman–Crippen LogP) is 6.36. The van der Waals surface area contributed by atoms with Crippen LogP contribution in [0.2, 0.25) is 13.7 Å². The molecule has 1 heterocycles. The molecule has 0 amide bonds. The van der Waals surface area contributed by atoms with Gasteiger partial charge < -0.3 is 5.32 Å². The summed E-state index contributed by atoms with van der Waals surface area (Å²) in [5.74, 6) is 0. The highest BCUT2D eigenvalue weighted by molar-refractivity contribution is 9.10. The lowest BCUT2D eigenvalue weighted by molar-refractivity contribution is 0.551. The summed E-state index contributed by atoms with van der Waals surface area (Å²) < 4.78 is 2.41. The van der Waals surface area contributed by atoms with Crippen LogP contribution in [0.25, 0.3) is 0 Å². The van der Waals surface area contributed by atoms with Crippen molar-refractivity contribution in [3.8, 4) is 0 Å². The largest absolute Gasteiger partial charge is 0.310 e. The Morgan fingerprint density at radius 1 is 1.25 bits per heavy atom. The molecule has 0 fully saturated rings. The van der Waals surface area contributed by atoms with Gasteiger partial charge in [-0.1, -0.05) is 63.7 Å². The molecule has 20 heavy (non-hydrogen) atoms. The molecule has 0 aliphatic carbocycles. The van der Waals surface area contributed by atoms with Gasteiger partial charge in [-0.25, -0.2) is 0 Å². The van der Waals surface area contributed by atoms with Crippen molar-refractivity contribution in [3.63, 3.8) is 0 Å². The topological polar surface area (TPSA) is 12.0 Å². The summed E-state index contributed by atoms with van der Waals surface area (Å²) in [6, 6.07) is 7.96. The number of rotatable bonds is 5. The molecule has 0 aliphatic heterocycles. The second kappa shape index (κ2) is 7.48. The fourth-order valence-corrected chi connectivity index (χ4v) is 4.37. The summed E-state index contributed by atoms with van der Waals surface area (Å²) in [6.45, 7) is 2.92. The van der Waals surface area contributed by atoms with Crippen LogP contribution in [0, 0.1) is 0 Å². The van der Waals surface area contributed by atoms with E-state index < -0.39 is 0 Å². The SMILES string of the molecule is CCNC(Cc1ccc(Br)cc1Cl)c1cc(Cl)sc1Cl. The average molecular weight is 414 g/mol. The Morgan fingerprint density at radius 3 is 2.55 bits per heavy atom. The van der Waals surface area contributed by atoms with E-state index in [9.17, 15) is 0 Å². The highest BCUT2D eigenvalue weighted by atomic mass is 79.9. The molecule has 1 aromatic heterocycles. The van der Waals surface area contributed by atoms with Crippen LogP contribution in [-0.2, 0) is 6.42 Å². The highest BCUT2D eigenvalue weighted by Gasteiger charge is 2.18. The van der Waals surface area contributed by atoms with Gasteiger partial charge in [0.1, 0.15) is 0 Å². The standard InChI is InChI=1S/C14H13BrCl3NS/c1-2-19-12(10-7-13(17)20-14(10)18)5-8-3-4-9(15)6-11(8)16/h3-4,6-7,12,19H,2,5H2,1H3. The number of halogens is 4. The van der Waals surface area contributed by atoms with Gasteiger partial charge in [0.05, 0.1) is 8.67 Å². The van der Waals surface area contributed by atoms with Crippen LogP contribution in [0.4, 0.5) is 0 Å². The zero-order chi connectivity index (χ0) is 14.7. The molecule has 2 aromatic rings. The molecular weight excluding hydrogens is 400 g/mol. The molecular formula is C14H13BrCl3NS. The maximum absolute atomic E-state index is 6.29. The average Bonchev–Trinajstić information content (AvgIpc) is 2.71. The summed E-state index contributed by atoms with van der Waals surface area (Å²) in [4.78, 5) is 0. The van der Waals surface area contributed by atoms with Gasteiger partial charge in [-0.05, 0) is 36.7 Å². The lowest BCUT2D eigenvalue weighted by atomic mass is 10.0. The van der Waals surface area contributed by atoms with E-state index in [1.165, 1.54) is 11.3 Å². The zero-order valence-electron chi connectivity index (χ0n) is 10.7. The van der Waals surface area contributed by atoms with E-state index >= 15 is 0 Å². The van der Waals surface area contributed by atoms with E-state index in [-0.39, 0.29) is 6.04 Å². The molecule has 1 aromatic carbocycles. The number of nitrogens with one attached hydrogen (secondary N) is 1. The first-order valence-corrected chi connectivity index (χ1v) is 8.87. The van der Waals surface area contributed by atoms with Crippen LogP contribution >= 0.6 is 62.1 Å². The van der Waals surface area contributed by atoms with Crippen molar-refractivity contribution < 1.29 is 0 Å². The Bertz CT molecular complexity index is 600. The maximum Gasteiger partial charge on any atom is 0.0992 e. The van der Waals surface area contributed by atoms with Crippen molar-refractivity contribution in [2.24, 2.45) is 0 Å². The number of likely N-dealkylation sites (N-methyl/N-ethyl adjacent to an activating group) is 1. The molecule has 6 heteroatoms. The third-order valence-corrected chi connectivity index (χ3v) is 5.31. The molecule has 2 rings (SSSR count). The highest BCUT2D eigenvalue weighted by Crippen LogP contribution is 2.37. The molecule has 1 atom stereocenters. The summed E-state index contributed by atoms with van der Waals surface area (Å²) >= 11 is 23.4. The fraction of sp³-hybridized carbons (Fsp3) is 0.286. The van der Waals surface area contributed by atoms with Crippen LogP contribution in [0.5, 0.6) is 0 Å². The smallest absolute Gasteiger partial charge is 0.0992 e. The Hall–Kier alpha value is 0.230. The number of thiophene rings is 1. The zero-order valence-corrected chi connectivity index (χ0v) is 15.4. The van der Waals surface area contributed by atoms with Gasteiger partial charge in [0.15, 0.2) is 0 Å². The quantitative estimate of drug-likeness (QED) is 0.601. The molecule has 0 spiro atoms. The van der Waals surface area contributed by atoms with E-state index in [0.717, 1.165) is 37.9 Å². The van der Waals surface area contributed by atoms with Gasteiger partial charge in [-0.3, -0.25) is 0 Å². The third kappa shape index (κ3) is 4.12. The second-order valence-electron chi connectivity index (χ2n) is 4.33. The molecule has 108 valence electrons. The van der Waals surface area contributed by atoms with E-state index in [2.05, 4.69) is 28.2 Å². The summed E-state index contributed by atoms with van der Waals surface area (Å²) in [6.07, 6.45) is 0.771. The van der Waals surface area contributed by atoms with Gasteiger partial charge >= 0.3 is 0 Å². The minimum absolute atomic E-state index is 0.106. The first-order valence-electron chi connectivity index (χ1n) is 6.13.